The van der Waals surface area contributed by atoms with E-state index in [-0.39, 0.29) is 6.54 Å². The minimum Gasteiger partial charge on any atom is -0.494 e. The first-order valence-electron chi connectivity index (χ1n) is 10.5. The highest BCUT2D eigenvalue weighted by atomic mass is 16.5. The molecule has 33 heavy (non-hydrogen) atoms. The van der Waals surface area contributed by atoms with E-state index in [0.717, 1.165) is 21.6 Å². The monoisotopic (exact) mass is 445 g/mol. The van der Waals surface area contributed by atoms with Gasteiger partial charge in [-0.2, -0.15) is 10.2 Å². The molecule has 0 bridgehead atoms. The summed E-state index contributed by atoms with van der Waals surface area (Å²) in [5.41, 5.74) is 5.10. The molecule has 2 heterocycles. The molecule has 0 spiro atoms. The van der Waals surface area contributed by atoms with Gasteiger partial charge in [-0.3, -0.25) is 9.59 Å². The molecule has 4 aromatic rings. The van der Waals surface area contributed by atoms with Crippen LogP contribution in [0, 0.1) is 6.92 Å². The summed E-state index contributed by atoms with van der Waals surface area (Å²) >= 11 is 0. The Balaban J connectivity index is 1.51. The number of nitrogens with zero attached hydrogens (tertiary/aromatic N) is 4. The Labute approximate surface area is 189 Å². The average Bonchev–Trinajstić information content (AvgIpc) is 3.21. The SMILES string of the molecule is CCOc1ccc(/C=N/NC(=O)Cn2nc(Cc3ccccc3)c3onc(C)c3c2=O)cc1. The molecule has 0 aliphatic heterocycles. The van der Waals surface area contributed by atoms with Crippen LogP contribution in [0.4, 0.5) is 0 Å². The molecular weight excluding hydrogens is 422 g/mol. The molecule has 0 saturated heterocycles. The first-order chi connectivity index (χ1) is 16.0. The third kappa shape index (κ3) is 5.15. The second-order valence-corrected chi connectivity index (χ2v) is 7.34. The number of hydrogen-bond acceptors (Lipinski definition) is 7. The summed E-state index contributed by atoms with van der Waals surface area (Å²) in [6, 6.07) is 17.0. The number of amides is 1. The van der Waals surface area contributed by atoms with E-state index < -0.39 is 11.5 Å². The standard InChI is InChI=1S/C24H23N5O4/c1-3-32-19-11-9-18(10-12-19)14-25-26-21(30)15-29-24(31)22-16(2)28-33-23(22)20(27-29)13-17-7-5-4-6-8-17/h4-12,14H,3,13,15H2,1-2H3,(H,26,30)/b25-14+. The van der Waals surface area contributed by atoms with E-state index in [4.69, 9.17) is 9.26 Å². The molecule has 0 aliphatic rings. The lowest BCUT2D eigenvalue weighted by atomic mass is 10.1. The van der Waals surface area contributed by atoms with Crippen LogP contribution >= 0.6 is 0 Å². The molecule has 9 nitrogen and oxygen atoms in total. The van der Waals surface area contributed by atoms with Crippen LogP contribution in [0.3, 0.4) is 0 Å². The zero-order valence-electron chi connectivity index (χ0n) is 18.3. The van der Waals surface area contributed by atoms with Crippen molar-refractivity contribution in [2.75, 3.05) is 6.61 Å². The van der Waals surface area contributed by atoms with Crippen molar-refractivity contribution in [2.24, 2.45) is 5.10 Å². The molecule has 0 atom stereocenters. The van der Waals surface area contributed by atoms with Crippen molar-refractivity contribution in [2.45, 2.75) is 26.8 Å². The van der Waals surface area contributed by atoms with Gasteiger partial charge in [0.05, 0.1) is 18.5 Å². The normalized spacial score (nSPS) is 11.2. The lowest BCUT2D eigenvalue weighted by Crippen LogP contribution is -2.32. The number of carbonyl (C=O) groups is 1. The maximum absolute atomic E-state index is 12.9. The van der Waals surface area contributed by atoms with Gasteiger partial charge in [0, 0.05) is 6.42 Å². The number of rotatable bonds is 8. The van der Waals surface area contributed by atoms with Gasteiger partial charge in [-0.05, 0) is 49.2 Å². The summed E-state index contributed by atoms with van der Waals surface area (Å²) < 4.78 is 11.9. The van der Waals surface area contributed by atoms with Crippen LogP contribution < -0.4 is 15.7 Å². The van der Waals surface area contributed by atoms with Gasteiger partial charge >= 0.3 is 0 Å². The van der Waals surface area contributed by atoms with Gasteiger partial charge in [0.1, 0.15) is 23.4 Å². The highest BCUT2D eigenvalue weighted by molar-refractivity contribution is 5.83. The molecule has 0 aliphatic carbocycles. The Bertz CT molecular complexity index is 1340. The van der Waals surface area contributed by atoms with Gasteiger partial charge in [0.15, 0.2) is 5.58 Å². The number of ether oxygens (including phenoxy) is 1. The summed E-state index contributed by atoms with van der Waals surface area (Å²) in [5.74, 6) is 0.278. The number of hydrogen-bond donors (Lipinski definition) is 1. The van der Waals surface area contributed by atoms with Crippen LogP contribution in [0.5, 0.6) is 5.75 Å². The van der Waals surface area contributed by atoms with Crippen LogP contribution in [0.2, 0.25) is 0 Å². The van der Waals surface area contributed by atoms with Crippen molar-refractivity contribution in [3.63, 3.8) is 0 Å². The third-order valence-corrected chi connectivity index (χ3v) is 4.92. The first-order valence-corrected chi connectivity index (χ1v) is 10.5. The number of aryl methyl sites for hydroxylation is 1. The van der Waals surface area contributed by atoms with Crippen molar-refractivity contribution in [3.05, 3.63) is 87.5 Å². The molecule has 0 saturated carbocycles. The molecule has 0 radical (unpaired) electrons. The van der Waals surface area contributed by atoms with E-state index in [9.17, 15) is 9.59 Å². The predicted molar refractivity (Wildman–Crippen MR) is 123 cm³/mol. The van der Waals surface area contributed by atoms with E-state index in [1.165, 1.54) is 6.21 Å². The van der Waals surface area contributed by atoms with Crippen LogP contribution in [-0.4, -0.2) is 33.7 Å². The van der Waals surface area contributed by atoms with Gasteiger partial charge in [0.25, 0.3) is 11.5 Å². The molecule has 2 aromatic heterocycles. The van der Waals surface area contributed by atoms with Crippen molar-refractivity contribution in [1.29, 1.82) is 0 Å². The van der Waals surface area contributed by atoms with Crippen LogP contribution in [-0.2, 0) is 17.8 Å². The van der Waals surface area contributed by atoms with Crippen molar-refractivity contribution < 1.29 is 14.1 Å². The van der Waals surface area contributed by atoms with Crippen molar-refractivity contribution >= 4 is 23.1 Å². The predicted octanol–water partition coefficient (Wildman–Crippen LogP) is 2.83. The second kappa shape index (κ2) is 9.90. The third-order valence-electron chi connectivity index (χ3n) is 4.92. The first kappa shape index (κ1) is 21.9. The quantitative estimate of drug-likeness (QED) is 0.330. The minimum absolute atomic E-state index is 0.290. The Morgan fingerprint density at radius 3 is 2.67 bits per heavy atom. The summed E-state index contributed by atoms with van der Waals surface area (Å²) in [4.78, 5) is 25.3. The Hall–Kier alpha value is -4.27. The van der Waals surface area contributed by atoms with E-state index in [1.54, 1.807) is 6.92 Å². The number of aromatic nitrogens is 3. The maximum atomic E-state index is 12.9. The van der Waals surface area contributed by atoms with Gasteiger partial charge in [-0.1, -0.05) is 35.5 Å². The molecule has 2 aromatic carbocycles. The van der Waals surface area contributed by atoms with Crippen LogP contribution in [0.25, 0.3) is 11.0 Å². The zero-order valence-corrected chi connectivity index (χ0v) is 18.3. The fourth-order valence-corrected chi connectivity index (χ4v) is 3.36. The van der Waals surface area contributed by atoms with E-state index in [2.05, 4.69) is 20.8 Å². The Kier molecular flexibility index (Phi) is 6.58. The van der Waals surface area contributed by atoms with E-state index >= 15 is 0 Å². The summed E-state index contributed by atoms with van der Waals surface area (Å²) in [6.45, 7) is 3.90. The lowest BCUT2D eigenvalue weighted by Gasteiger charge is -2.07. The number of hydrazone groups is 1. The number of benzene rings is 2. The smallest absolute Gasteiger partial charge is 0.280 e. The fraction of sp³-hybridized carbons (Fsp3) is 0.208. The molecule has 168 valence electrons. The molecule has 9 heteroatoms. The maximum Gasteiger partial charge on any atom is 0.280 e. The van der Waals surface area contributed by atoms with Crippen molar-refractivity contribution in [1.82, 2.24) is 20.4 Å². The van der Waals surface area contributed by atoms with Gasteiger partial charge in [0.2, 0.25) is 0 Å². The molecule has 1 N–H and O–H groups in total. The summed E-state index contributed by atoms with van der Waals surface area (Å²) in [7, 11) is 0. The van der Waals surface area contributed by atoms with Gasteiger partial charge in [-0.15, -0.1) is 0 Å². The molecular formula is C24H23N5O4. The lowest BCUT2D eigenvalue weighted by molar-refractivity contribution is -0.121. The Morgan fingerprint density at radius 1 is 1.18 bits per heavy atom. The van der Waals surface area contributed by atoms with Crippen LogP contribution in [0.15, 0.2) is 69.0 Å². The van der Waals surface area contributed by atoms with E-state index in [0.29, 0.717) is 35.4 Å². The van der Waals surface area contributed by atoms with Crippen molar-refractivity contribution in [3.8, 4) is 5.75 Å². The number of nitrogens with one attached hydrogen (secondary N) is 1. The largest absolute Gasteiger partial charge is 0.494 e. The van der Waals surface area contributed by atoms with Gasteiger partial charge < -0.3 is 9.26 Å². The summed E-state index contributed by atoms with van der Waals surface area (Å²) in [6.07, 6.45) is 1.95. The zero-order chi connectivity index (χ0) is 23.2. The number of fused-ring (bicyclic) bond motifs is 1. The van der Waals surface area contributed by atoms with Crippen LogP contribution in [0.1, 0.15) is 29.4 Å². The highest BCUT2D eigenvalue weighted by Gasteiger charge is 2.19. The number of carbonyl (C=O) groups excluding carboxylic acids is 1. The fourth-order valence-electron chi connectivity index (χ4n) is 3.36. The summed E-state index contributed by atoms with van der Waals surface area (Å²) in [5, 5.41) is 12.6. The van der Waals surface area contributed by atoms with E-state index in [1.807, 2.05) is 61.5 Å². The second-order valence-electron chi connectivity index (χ2n) is 7.34. The topological polar surface area (TPSA) is 112 Å². The average molecular weight is 445 g/mol. The molecule has 0 unspecified atom stereocenters. The van der Waals surface area contributed by atoms with Gasteiger partial charge in [-0.25, -0.2) is 10.1 Å². The molecule has 1 amide bonds. The Morgan fingerprint density at radius 2 is 1.94 bits per heavy atom. The molecule has 0 fully saturated rings. The minimum atomic E-state index is -0.481. The highest BCUT2D eigenvalue weighted by Crippen LogP contribution is 2.19. The molecule has 4 rings (SSSR count).